The topological polar surface area (TPSA) is 87.2 Å². The quantitative estimate of drug-likeness (QED) is 0.666. The van der Waals surface area contributed by atoms with Crippen LogP contribution in [0.1, 0.15) is 23.0 Å². The number of fused-ring (bicyclic) bond motifs is 1. The molecule has 8 heteroatoms. The third-order valence-corrected chi connectivity index (χ3v) is 5.79. The molecule has 0 unspecified atom stereocenters. The van der Waals surface area contributed by atoms with E-state index in [1.807, 2.05) is 60.0 Å². The minimum absolute atomic E-state index is 0.0363. The molecule has 2 N–H and O–H groups in total. The van der Waals surface area contributed by atoms with Crippen LogP contribution < -0.4 is 10.6 Å². The number of thioether (sulfide) groups is 1. The van der Waals surface area contributed by atoms with Crippen LogP contribution in [0.15, 0.2) is 42.6 Å². The summed E-state index contributed by atoms with van der Waals surface area (Å²) in [6.45, 7) is 4.84. The lowest BCUT2D eigenvalue weighted by atomic mass is 10.1. The molecule has 0 aliphatic carbocycles. The van der Waals surface area contributed by atoms with Crippen molar-refractivity contribution in [1.82, 2.24) is 14.9 Å². The highest BCUT2D eigenvalue weighted by Gasteiger charge is 2.23. The molecule has 1 aliphatic rings. The summed E-state index contributed by atoms with van der Waals surface area (Å²) >= 11 is 1.86. The van der Waals surface area contributed by atoms with Crippen LogP contribution in [0.4, 0.5) is 17.1 Å². The Morgan fingerprint density at radius 1 is 1.10 bits per heavy atom. The first-order valence-electron chi connectivity index (χ1n) is 9.79. The molecule has 1 aromatic carbocycles. The van der Waals surface area contributed by atoms with Crippen LogP contribution in [0, 0.1) is 6.92 Å². The molecule has 0 bridgehead atoms. The van der Waals surface area contributed by atoms with Gasteiger partial charge in [0.15, 0.2) is 5.65 Å². The van der Waals surface area contributed by atoms with Gasteiger partial charge in [0.05, 0.1) is 11.3 Å². The number of hydrogen-bond acceptors (Lipinski definition) is 6. The van der Waals surface area contributed by atoms with E-state index in [-0.39, 0.29) is 11.8 Å². The van der Waals surface area contributed by atoms with E-state index in [9.17, 15) is 9.59 Å². The zero-order valence-electron chi connectivity index (χ0n) is 16.9. The van der Waals surface area contributed by atoms with Crippen molar-refractivity contribution < 1.29 is 9.59 Å². The van der Waals surface area contributed by atoms with Gasteiger partial charge in [-0.15, -0.1) is 0 Å². The number of carbonyl (C=O) groups is 2. The molecule has 0 atom stereocenters. The molecule has 3 aromatic rings. The Morgan fingerprint density at radius 2 is 1.87 bits per heavy atom. The molecule has 7 nitrogen and oxygen atoms in total. The van der Waals surface area contributed by atoms with Crippen molar-refractivity contribution in [3.63, 3.8) is 0 Å². The number of aryl methyl sites for hydroxylation is 1. The van der Waals surface area contributed by atoms with Crippen LogP contribution in [0.3, 0.4) is 0 Å². The van der Waals surface area contributed by atoms with Crippen molar-refractivity contribution in [2.45, 2.75) is 13.8 Å². The highest BCUT2D eigenvalue weighted by molar-refractivity contribution is 7.99. The average Bonchev–Trinajstić information content (AvgIpc) is 2.74. The predicted octanol–water partition coefficient (Wildman–Crippen LogP) is 3.83. The van der Waals surface area contributed by atoms with Gasteiger partial charge in [0.2, 0.25) is 5.91 Å². The Balaban J connectivity index is 1.77. The maximum absolute atomic E-state index is 13.3. The second kappa shape index (κ2) is 8.71. The average molecular weight is 422 g/mol. The Labute approximate surface area is 179 Å². The number of anilines is 3. The first kappa shape index (κ1) is 20.2. The number of pyridine rings is 2. The Morgan fingerprint density at radius 3 is 2.63 bits per heavy atom. The third-order valence-electron chi connectivity index (χ3n) is 4.85. The van der Waals surface area contributed by atoms with E-state index in [2.05, 4.69) is 20.6 Å². The molecular formula is C22H23N5O2S. The van der Waals surface area contributed by atoms with Crippen LogP contribution in [-0.2, 0) is 4.79 Å². The highest BCUT2D eigenvalue weighted by Crippen LogP contribution is 2.31. The maximum atomic E-state index is 13.3. The van der Waals surface area contributed by atoms with Gasteiger partial charge in [-0.1, -0.05) is 6.07 Å². The fourth-order valence-corrected chi connectivity index (χ4v) is 4.33. The van der Waals surface area contributed by atoms with E-state index >= 15 is 0 Å². The number of rotatable bonds is 4. The van der Waals surface area contributed by atoms with Gasteiger partial charge in [0.1, 0.15) is 0 Å². The number of amides is 2. The lowest BCUT2D eigenvalue weighted by molar-refractivity contribution is -0.114. The van der Waals surface area contributed by atoms with Crippen LogP contribution >= 0.6 is 11.8 Å². The van der Waals surface area contributed by atoms with Gasteiger partial charge in [0, 0.05) is 60.2 Å². The molecule has 30 heavy (non-hydrogen) atoms. The summed E-state index contributed by atoms with van der Waals surface area (Å²) < 4.78 is 0. The third kappa shape index (κ3) is 4.38. The smallest absolute Gasteiger partial charge is 0.257 e. The molecule has 1 aliphatic heterocycles. The minimum Gasteiger partial charge on any atom is -0.354 e. The Kier molecular flexibility index (Phi) is 5.85. The second-order valence-corrected chi connectivity index (χ2v) is 8.39. The number of carbonyl (C=O) groups excluding carboxylic acids is 2. The van der Waals surface area contributed by atoms with Gasteiger partial charge < -0.3 is 15.5 Å². The van der Waals surface area contributed by atoms with Crippen molar-refractivity contribution in [2.24, 2.45) is 0 Å². The van der Waals surface area contributed by atoms with Crippen molar-refractivity contribution in [1.29, 1.82) is 0 Å². The van der Waals surface area contributed by atoms with Gasteiger partial charge in [-0.3, -0.25) is 9.59 Å². The van der Waals surface area contributed by atoms with E-state index < -0.39 is 0 Å². The maximum Gasteiger partial charge on any atom is 0.257 e. The van der Waals surface area contributed by atoms with Gasteiger partial charge in [0.25, 0.3) is 5.91 Å². The molecule has 3 heterocycles. The van der Waals surface area contributed by atoms with Gasteiger partial charge in [-0.25, -0.2) is 9.97 Å². The summed E-state index contributed by atoms with van der Waals surface area (Å²) in [4.78, 5) is 35.5. The fourth-order valence-electron chi connectivity index (χ4n) is 3.43. The standard InChI is InChI=1S/C22H23N5O2S/c1-14-6-7-18-20(26-17-5-3-4-16(12-17)25-15(2)28)19(13-23-21(18)24-14)22(29)27-8-10-30-11-9-27/h3-7,12-13H,8-11H2,1-2H3,(H,25,28)(H,23,24,26). The van der Waals surface area contributed by atoms with E-state index in [0.29, 0.717) is 22.6 Å². The van der Waals surface area contributed by atoms with Crippen LogP contribution in [0.25, 0.3) is 11.0 Å². The number of aromatic nitrogens is 2. The molecule has 154 valence electrons. The number of benzene rings is 1. The molecular weight excluding hydrogens is 398 g/mol. The van der Waals surface area contributed by atoms with Crippen LogP contribution in [-0.4, -0.2) is 51.3 Å². The summed E-state index contributed by atoms with van der Waals surface area (Å²) in [5.74, 6) is 1.70. The first-order chi connectivity index (χ1) is 14.5. The van der Waals surface area contributed by atoms with E-state index in [1.165, 1.54) is 6.92 Å². The van der Waals surface area contributed by atoms with Crippen molar-refractivity contribution >= 4 is 51.7 Å². The lowest BCUT2D eigenvalue weighted by Crippen LogP contribution is -2.38. The van der Waals surface area contributed by atoms with E-state index in [4.69, 9.17) is 0 Å². The van der Waals surface area contributed by atoms with Crippen molar-refractivity contribution in [3.05, 3.63) is 53.9 Å². The number of nitrogens with zero attached hydrogens (tertiary/aromatic N) is 3. The summed E-state index contributed by atoms with van der Waals surface area (Å²) in [5.41, 5.74) is 4.08. The summed E-state index contributed by atoms with van der Waals surface area (Å²) in [6.07, 6.45) is 1.61. The molecule has 1 saturated heterocycles. The molecule has 0 saturated carbocycles. The summed E-state index contributed by atoms with van der Waals surface area (Å²) in [6, 6.07) is 11.2. The Bertz CT molecular complexity index is 1110. The second-order valence-electron chi connectivity index (χ2n) is 7.16. The first-order valence-corrected chi connectivity index (χ1v) is 10.9. The van der Waals surface area contributed by atoms with Crippen LogP contribution in [0.2, 0.25) is 0 Å². The van der Waals surface area contributed by atoms with Gasteiger partial charge in [-0.2, -0.15) is 11.8 Å². The van der Waals surface area contributed by atoms with E-state index in [0.717, 1.165) is 41.4 Å². The molecule has 2 aromatic heterocycles. The minimum atomic E-state index is -0.139. The largest absolute Gasteiger partial charge is 0.354 e. The van der Waals surface area contributed by atoms with E-state index in [1.54, 1.807) is 6.20 Å². The highest BCUT2D eigenvalue weighted by atomic mass is 32.2. The summed E-state index contributed by atoms with van der Waals surface area (Å²) in [7, 11) is 0. The summed E-state index contributed by atoms with van der Waals surface area (Å²) in [5, 5.41) is 6.95. The lowest BCUT2D eigenvalue weighted by Gasteiger charge is -2.27. The van der Waals surface area contributed by atoms with Gasteiger partial charge in [-0.05, 0) is 37.3 Å². The SMILES string of the molecule is CC(=O)Nc1cccc(Nc2c(C(=O)N3CCSCC3)cnc3nc(C)ccc23)c1. The molecule has 0 radical (unpaired) electrons. The molecule has 4 rings (SSSR count). The fraction of sp³-hybridized carbons (Fsp3) is 0.273. The molecule has 2 amide bonds. The van der Waals surface area contributed by atoms with Crippen molar-refractivity contribution in [2.75, 3.05) is 35.2 Å². The monoisotopic (exact) mass is 421 g/mol. The van der Waals surface area contributed by atoms with Crippen molar-refractivity contribution in [3.8, 4) is 0 Å². The Hall–Kier alpha value is -3.13. The number of hydrogen-bond donors (Lipinski definition) is 2. The van der Waals surface area contributed by atoms with Gasteiger partial charge >= 0.3 is 0 Å². The normalized spacial score (nSPS) is 13.9. The zero-order chi connectivity index (χ0) is 21.1. The predicted molar refractivity (Wildman–Crippen MR) is 122 cm³/mol. The zero-order valence-corrected chi connectivity index (χ0v) is 17.8. The molecule has 1 fully saturated rings. The van der Waals surface area contributed by atoms with Crippen LogP contribution in [0.5, 0.6) is 0 Å². The molecule has 0 spiro atoms. The number of nitrogens with one attached hydrogen (secondary N) is 2.